The molecule has 0 aliphatic heterocycles. The minimum Gasteiger partial charge on any atom is -0.465 e. The van der Waals surface area contributed by atoms with Crippen molar-refractivity contribution >= 4 is 45.4 Å². The number of hydrazone groups is 1. The molecular weight excluding hydrogens is 535 g/mol. The molecule has 3 rings (SSSR count). The highest BCUT2D eigenvalue weighted by atomic mass is 35.5. The summed E-state index contributed by atoms with van der Waals surface area (Å²) in [7, 11) is -3.21. The summed E-state index contributed by atoms with van der Waals surface area (Å²) in [6.07, 6.45) is -3.62. The van der Waals surface area contributed by atoms with E-state index < -0.39 is 50.9 Å². The molecule has 37 heavy (non-hydrogen) atoms. The van der Waals surface area contributed by atoms with Crippen molar-refractivity contribution in [3.63, 3.8) is 0 Å². The summed E-state index contributed by atoms with van der Waals surface area (Å²) < 4.78 is 71.9. The quantitative estimate of drug-likeness (QED) is 0.251. The second-order valence-electron chi connectivity index (χ2n) is 7.39. The van der Waals surface area contributed by atoms with Crippen LogP contribution in [0.2, 0.25) is 5.02 Å². The number of alkyl halides is 3. The van der Waals surface area contributed by atoms with Gasteiger partial charge >= 0.3 is 12.1 Å². The van der Waals surface area contributed by atoms with Gasteiger partial charge < -0.3 is 4.74 Å². The summed E-state index contributed by atoms with van der Waals surface area (Å²) in [5, 5.41) is 3.12. The van der Waals surface area contributed by atoms with Crippen LogP contribution in [0.15, 0.2) is 82.8 Å². The highest BCUT2D eigenvalue weighted by Gasteiger charge is 2.35. The normalized spacial score (nSPS) is 11.8. The molecule has 0 fully saturated rings. The smallest absolute Gasteiger partial charge is 0.417 e. The van der Waals surface area contributed by atoms with E-state index in [1.807, 2.05) is 0 Å². The summed E-state index contributed by atoms with van der Waals surface area (Å²) in [6, 6.07) is 15.5. The molecule has 0 aromatic heterocycles. The van der Waals surface area contributed by atoms with Crippen LogP contribution < -0.4 is 9.73 Å². The highest BCUT2D eigenvalue weighted by Crippen LogP contribution is 2.38. The lowest BCUT2D eigenvalue weighted by atomic mass is 10.1. The van der Waals surface area contributed by atoms with E-state index in [9.17, 15) is 31.2 Å². The number of sulfonamides is 1. The predicted octanol–water partition coefficient (Wildman–Crippen LogP) is 4.49. The number of carbonyl (C=O) groups excluding carboxylic acids is 2. The van der Waals surface area contributed by atoms with Gasteiger partial charge in [-0.15, -0.1) is 0 Å². The topological polar surface area (TPSA) is 105 Å². The van der Waals surface area contributed by atoms with Gasteiger partial charge in [0.05, 0.1) is 40.1 Å². The largest absolute Gasteiger partial charge is 0.465 e. The van der Waals surface area contributed by atoms with Crippen LogP contribution in [0.1, 0.15) is 21.5 Å². The van der Waals surface area contributed by atoms with Crippen LogP contribution in [0.5, 0.6) is 0 Å². The first-order valence-electron chi connectivity index (χ1n) is 10.4. The van der Waals surface area contributed by atoms with Crippen molar-refractivity contribution in [1.29, 1.82) is 0 Å². The molecule has 0 saturated carbocycles. The number of ether oxygens (including phenoxy) is 1. The first kappa shape index (κ1) is 27.7. The molecule has 0 spiro atoms. The second-order valence-corrected chi connectivity index (χ2v) is 9.66. The molecule has 0 unspecified atom stereocenters. The zero-order valence-corrected chi connectivity index (χ0v) is 20.6. The molecule has 0 aliphatic carbocycles. The van der Waals surface area contributed by atoms with Crippen molar-refractivity contribution in [3.8, 4) is 0 Å². The number of nitrogens with one attached hydrogen (secondary N) is 1. The van der Waals surface area contributed by atoms with Crippen LogP contribution in [0.3, 0.4) is 0 Å². The number of amides is 1. The van der Waals surface area contributed by atoms with Crippen molar-refractivity contribution < 1.29 is 35.9 Å². The predicted molar refractivity (Wildman–Crippen MR) is 131 cm³/mol. The zero-order chi connectivity index (χ0) is 27.2. The van der Waals surface area contributed by atoms with Crippen LogP contribution in [0.4, 0.5) is 18.9 Å². The standard InChI is InChI=1S/C24H19ClF3N3O5S/c1-36-23(33)17-9-7-16(8-10-17)14-29-30-22(32)15-31(37(34,35)19-5-3-2-4-6-19)18-11-12-21(25)20(13-18)24(26,27)28/h2-14H,15H2,1H3,(H,30,32)/b29-14-. The average Bonchev–Trinajstić information content (AvgIpc) is 2.87. The Kier molecular flexibility index (Phi) is 8.56. The fourth-order valence-electron chi connectivity index (χ4n) is 3.09. The van der Waals surface area contributed by atoms with E-state index >= 15 is 0 Å². The molecule has 0 radical (unpaired) electrons. The number of nitrogens with zero attached hydrogens (tertiary/aromatic N) is 2. The third-order valence-corrected chi connectivity index (χ3v) is 7.01. The molecule has 0 saturated heterocycles. The lowest BCUT2D eigenvalue weighted by molar-refractivity contribution is -0.137. The maximum absolute atomic E-state index is 13.4. The summed E-state index contributed by atoms with van der Waals surface area (Å²) >= 11 is 5.67. The van der Waals surface area contributed by atoms with E-state index in [1.54, 1.807) is 6.07 Å². The van der Waals surface area contributed by atoms with E-state index in [0.29, 0.717) is 21.5 Å². The number of anilines is 1. The summed E-state index contributed by atoms with van der Waals surface area (Å²) in [5.74, 6) is -1.46. The first-order chi connectivity index (χ1) is 17.4. The van der Waals surface area contributed by atoms with Gasteiger partial charge in [-0.1, -0.05) is 41.9 Å². The molecule has 1 N–H and O–H groups in total. The summed E-state index contributed by atoms with van der Waals surface area (Å²) in [6.45, 7) is -0.880. The Hall–Kier alpha value is -3.90. The van der Waals surface area contributed by atoms with Gasteiger partial charge in [0.15, 0.2) is 0 Å². The minimum absolute atomic E-state index is 0.236. The van der Waals surface area contributed by atoms with Gasteiger partial charge in [-0.25, -0.2) is 18.6 Å². The SMILES string of the molecule is COC(=O)c1ccc(/C=N\NC(=O)CN(c2ccc(Cl)c(C(F)(F)F)c2)S(=O)(=O)c2ccccc2)cc1. The van der Waals surface area contributed by atoms with Gasteiger partial charge in [0, 0.05) is 0 Å². The average molecular weight is 554 g/mol. The van der Waals surface area contributed by atoms with Crippen molar-refractivity contribution in [2.24, 2.45) is 5.10 Å². The molecular formula is C24H19ClF3N3O5S. The summed E-state index contributed by atoms with van der Waals surface area (Å²) in [5.41, 5.74) is 1.26. The first-order valence-corrected chi connectivity index (χ1v) is 12.2. The molecule has 0 aliphatic rings. The Bertz CT molecular complexity index is 1410. The Morgan fingerprint density at radius 1 is 1.05 bits per heavy atom. The number of hydrogen-bond acceptors (Lipinski definition) is 6. The van der Waals surface area contributed by atoms with E-state index in [4.69, 9.17) is 11.6 Å². The molecule has 0 heterocycles. The fourth-order valence-corrected chi connectivity index (χ4v) is 4.75. The number of methoxy groups -OCH3 is 1. The molecule has 0 bridgehead atoms. The third-order valence-electron chi connectivity index (χ3n) is 4.90. The van der Waals surface area contributed by atoms with Gasteiger partial charge in [-0.2, -0.15) is 18.3 Å². The molecule has 13 heteroatoms. The molecule has 3 aromatic rings. The molecule has 0 atom stereocenters. The number of halogens is 4. The Balaban J connectivity index is 1.87. The summed E-state index contributed by atoms with van der Waals surface area (Å²) in [4.78, 5) is 23.8. The number of rotatable bonds is 8. The second kappa shape index (κ2) is 11.4. The molecule has 3 aromatic carbocycles. The van der Waals surface area contributed by atoms with Crippen molar-refractivity contribution in [2.75, 3.05) is 18.0 Å². The van der Waals surface area contributed by atoms with Crippen LogP contribution >= 0.6 is 11.6 Å². The number of benzene rings is 3. The molecule has 1 amide bonds. The van der Waals surface area contributed by atoms with E-state index in [2.05, 4.69) is 15.3 Å². The molecule has 194 valence electrons. The van der Waals surface area contributed by atoms with Crippen LogP contribution in [-0.2, 0) is 25.7 Å². The van der Waals surface area contributed by atoms with Crippen LogP contribution in [0.25, 0.3) is 0 Å². The lowest BCUT2D eigenvalue weighted by Crippen LogP contribution is -2.39. The van der Waals surface area contributed by atoms with E-state index in [0.717, 1.165) is 12.1 Å². The Morgan fingerprint density at radius 2 is 1.70 bits per heavy atom. The minimum atomic E-state index is -4.86. The van der Waals surface area contributed by atoms with Crippen LogP contribution in [-0.4, -0.2) is 40.2 Å². The van der Waals surface area contributed by atoms with Crippen molar-refractivity contribution in [2.45, 2.75) is 11.1 Å². The highest BCUT2D eigenvalue weighted by molar-refractivity contribution is 7.92. The van der Waals surface area contributed by atoms with Gasteiger partial charge in [0.2, 0.25) is 0 Å². The van der Waals surface area contributed by atoms with E-state index in [-0.39, 0.29) is 4.90 Å². The lowest BCUT2D eigenvalue weighted by Gasteiger charge is -2.24. The number of carbonyl (C=O) groups is 2. The Labute approximate surface area is 215 Å². The van der Waals surface area contributed by atoms with Gasteiger partial charge in [0.1, 0.15) is 6.54 Å². The Morgan fingerprint density at radius 3 is 2.30 bits per heavy atom. The zero-order valence-electron chi connectivity index (χ0n) is 19.1. The monoisotopic (exact) mass is 553 g/mol. The number of esters is 1. The van der Waals surface area contributed by atoms with Gasteiger partial charge in [0.25, 0.3) is 15.9 Å². The maximum atomic E-state index is 13.4. The maximum Gasteiger partial charge on any atom is 0.417 e. The molecule has 8 nitrogen and oxygen atoms in total. The fraction of sp³-hybridized carbons (Fsp3) is 0.125. The van der Waals surface area contributed by atoms with Crippen molar-refractivity contribution in [3.05, 3.63) is 94.5 Å². The van der Waals surface area contributed by atoms with Crippen molar-refractivity contribution in [1.82, 2.24) is 5.43 Å². The van der Waals surface area contributed by atoms with Gasteiger partial charge in [-0.05, 0) is 48.0 Å². The third kappa shape index (κ3) is 6.86. The van der Waals surface area contributed by atoms with Gasteiger partial charge in [-0.3, -0.25) is 9.10 Å². The van der Waals surface area contributed by atoms with E-state index in [1.165, 1.54) is 61.9 Å². The van der Waals surface area contributed by atoms with Crippen LogP contribution in [0, 0.1) is 0 Å². The number of hydrogen-bond donors (Lipinski definition) is 1.